The summed E-state index contributed by atoms with van der Waals surface area (Å²) >= 11 is 1.13. The van der Waals surface area contributed by atoms with Crippen LogP contribution in [0.2, 0.25) is 0 Å². The van der Waals surface area contributed by atoms with Crippen LogP contribution in [0.1, 0.15) is 45.8 Å². The molecular weight excluding hydrogens is 612 g/mol. The molecule has 0 saturated heterocycles. The van der Waals surface area contributed by atoms with Crippen LogP contribution in [0.3, 0.4) is 0 Å². The Balaban J connectivity index is 1.33. The molecule has 44 heavy (non-hydrogen) atoms. The predicted molar refractivity (Wildman–Crippen MR) is 151 cm³/mol. The molecule has 1 atom stereocenters. The first-order valence-corrected chi connectivity index (χ1v) is 14.3. The molecule has 4 rings (SSSR count). The number of anilines is 2. The summed E-state index contributed by atoms with van der Waals surface area (Å²) in [6.07, 6.45) is -10.5. The standard InChI is InChI=1S/C29H27F6N5O3S/c30-28(31,32)10-12-40(13-11-29(33,34)35)21-8-9-23-24(15-21)44-27(38-23)39-26(42)19-2-1-3-22(14-19)43-17-25(41)37-20-6-4-18(16-36)5-7-20/h1-7,14,21H,8-13,15,17H2,(H,37,41)(H,38,39,42). The van der Waals surface area contributed by atoms with Crippen molar-refractivity contribution in [1.82, 2.24) is 9.88 Å². The number of fused-ring (bicyclic) bond motifs is 1. The summed E-state index contributed by atoms with van der Waals surface area (Å²) in [5, 5.41) is 14.4. The third kappa shape index (κ3) is 9.95. The van der Waals surface area contributed by atoms with Gasteiger partial charge < -0.3 is 10.1 Å². The van der Waals surface area contributed by atoms with Crippen LogP contribution in [0.4, 0.5) is 37.2 Å². The lowest BCUT2D eigenvalue weighted by Gasteiger charge is -2.34. The van der Waals surface area contributed by atoms with Gasteiger partial charge in [-0.2, -0.15) is 31.6 Å². The summed E-state index contributed by atoms with van der Waals surface area (Å²) in [5.41, 5.74) is 1.80. The minimum absolute atomic E-state index is 0.214. The largest absolute Gasteiger partial charge is 0.484 e. The third-order valence-corrected chi connectivity index (χ3v) is 7.81. The van der Waals surface area contributed by atoms with Gasteiger partial charge in [-0.15, -0.1) is 11.3 Å². The van der Waals surface area contributed by atoms with Gasteiger partial charge in [-0.3, -0.25) is 19.8 Å². The zero-order valence-corrected chi connectivity index (χ0v) is 23.9. The number of alkyl halides is 6. The number of nitrogens with one attached hydrogen (secondary N) is 2. The van der Waals surface area contributed by atoms with Crippen molar-refractivity contribution in [2.45, 2.75) is 50.5 Å². The number of rotatable bonds is 11. The second-order valence-electron chi connectivity index (χ2n) is 10.1. The molecule has 0 fully saturated rings. The van der Waals surface area contributed by atoms with Crippen molar-refractivity contribution in [3.63, 3.8) is 0 Å². The number of halogens is 6. The normalized spacial score (nSPS) is 14.9. The van der Waals surface area contributed by atoms with Gasteiger partial charge in [0.1, 0.15) is 5.75 Å². The highest BCUT2D eigenvalue weighted by molar-refractivity contribution is 7.15. The second-order valence-corrected chi connectivity index (χ2v) is 11.1. The average Bonchev–Trinajstić information content (AvgIpc) is 3.37. The summed E-state index contributed by atoms with van der Waals surface area (Å²) in [6.45, 7) is -1.40. The van der Waals surface area contributed by atoms with Crippen LogP contribution in [0.15, 0.2) is 48.5 Å². The van der Waals surface area contributed by atoms with Gasteiger partial charge >= 0.3 is 12.4 Å². The Morgan fingerprint density at radius 1 is 1.02 bits per heavy atom. The summed E-state index contributed by atoms with van der Waals surface area (Å²) in [6, 6.07) is 13.8. The molecule has 234 valence electrons. The van der Waals surface area contributed by atoms with E-state index in [0.717, 1.165) is 11.3 Å². The quantitative estimate of drug-likeness (QED) is 0.237. The molecule has 0 bridgehead atoms. The first-order chi connectivity index (χ1) is 20.8. The van der Waals surface area contributed by atoms with E-state index in [2.05, 4.69) is 15.6 Å². The van der Waals surface area contributed by atoms with E-state index in [4.69, 9.17) is 10.00 Å². The monoisotopic (exact) mass is 639 g/mol. The van der Waals surface area contributed by atoms with Gasteiger partial charge in [0.05, 0.1) is 30.2 Å². The van der Waals surface area contributed by atoms with Crippen molar-refractivity contribution in [2.24, 2.45) is 0 Å². The molecule has 8 nitrogen and oxygen atoms in total. The van der Waals surface area contributed by atoms with Crippen molar-refractivity contribution in [3.05, 3.63) is 70.2 Å². The summed E-state index contributed by atoms with van der Waals surface area (Å²) in [5.74, 6) is -0.713. The Kier molecular flexibility index (Phi) is 10.5. The number of amides is 2. The molecule has 1 aliphatic carbocycles. The number of hydrogen-bond acceptors (Lipinski definition) is 7. The van der Waals surface area contributed by atoms with Crippen LogP contribution in [0, 0.1) is 11.3 Å². The molecule has 1 heterocycles. The van der Waals surface area contributed by atoms with Gasteiger partial charge in [-0.1, -0.05) is 6.07 Å². The van der Waals surface area contributed by atoms with Crippen molar-refractivity contribution >= 4 is 34.0 Å². The van der Waals surface area contributed by atoms with E-state index in [0.29, 0.717) is 34.7 Å². The maximum absolute atomic E-state index is 12.9. The Labute approximate surface area is 252 Å². The van der Waals surface area contributed by atoms with Gasteiger partial charge in [-0.05, 0) is 61.7 Å². The number of carbonyl (C=O) groups is 2. The van der Waals surface area contributed by atoms with Gasteiger partial charge in [0.25, 0.3) is 11.8 Å². The highest BCUT2D eigenvalue weighted by Gasteiger charge is 2.35. The van der Waals surface area contributed by atoms with E-state index in [-0.39, 0.29) is 29.5 Å². The first kappa shape index (κ1) is 32.7. The highest BCUT2D eigenvalue weighted by Crippen LogP contribution is 2.33. The van der Waals surface area contributed by atoms with Gasteiger partial charge in [0, 0.05) is 35.3 Å². The molecule has 1 aliphatic rings. The van der Waals surface area contributed by atoms with Gasteiger partial charge in [0.15, 0.2) is 11.7 Å². The number of carbonyl (C=O) groups excluding carboxylic acids is 2. The van der Waals surface area contributed by atoms with Crippen LogP contribution in [0.25, 0.3) is 0 Å². The van der Waals surface area contributed by atoms with Crippen molar-refractivity contribution in [2.75, 3.05) is 30.3 Å². The first-order valence-electron chi connectivity index (χ1n) is 13.5. The van der Waals surface area contributed by atoms with E-state index >= 15 is 0 Å². The Bertz CT molecular complexity index is 1480. The number of hydrogen-bond donors (Lipinski definition) is 2. The zero-order valence-electron chi connectivity index (χ0n) is 23.1. The number of nitriles is 1. The Morgan fingerprint density at radius 2 is 1.70 bits per heavy atom. The lowest BCUT2D eigenvalue weighted by atomic mass is 9.96. The number of aromatic nitrogens is 1. The molecule has 0 spiro atoms. The number of nitrogens with zero attached hydrogens (tertiary/aromatic N) is 3. The smallest absolute Gasteiger partial charge is 0.390 e. The van der Waals surface area contributed by atoms with Crippen LogP contribution in [-0.2, 0) is 17.6 Å². The minimum atomic E-state index is -4.49. The van der Waals surface area contributed by atoms with E-state index in [1.165, 1.54) is 17.0 Å². The lowest BCUT2D eigenvalue weighted by molar-refractivity contribution is -0.148. The van der Waals surface area contributed by atoms with Crippen LogP contribution < -0.4 is 15.4 Å². The fourth-order valence-electron chi connectivity index (χ4n) is 4.61. The number of ether oxygens (including phenoxy) is 1. The van der Waals surface area contributed by atoms with Crippen molar-refractivity contribution in [3.8, 4) is 11.8 Å². The van der Waals surface area contributed by atoms with E-state index in [9.17, 15) is 35.9 Å². The summed E-state index contributed by atoms with van der Waals surface area (Å²) in [7, 11) is 0. The van der Waals surface area contributed by atoms with Gasteiger partial charge in [0.2, 0.25) is 0 Å². The van der Waals surface area contributed by atoms with E-state index < -0.39 is 56.1 Å². The minimum Gasteiger partial charge on any atom is -0.484 e. The topological polar surface area (TPSA) is 107 Å². The highest BCUT2D eigenvalue weighted by atomic mass is 32.1. The molecule has 2 aromatic carbocycles. The molecule has 3 aromatic rings. The fourth-order valence-corrected chi connectivity index (χ4v) is 5.69. The molecule has 15 heteroatoms. The Morgan fingerprint density at radius 3 is 2.34 bits per heavy atom. The molecule has 0 aliphatic heterocycles. The van der Waals surface area contributed by atoms with Crippen molar-refractivity contribution < 1.29 is 40.7 Å². The van der Waals surface area contributed by atoms with Crippen LogP contribution in [-0.4, -0.2) is 59.8 Å². The second kappa shape index (κ2) is 14.1. The van der Waals surface area contributed by atoms with Crippen LogP contribution >= 0.6 is 11.3 Å². The molecule has 0 radical (unpaired) electrons. The van der Waals surface area contributed by atoms with Crippen LogP contribution in [0.5, 0.6) is 5.75 Å². The third-order valence-electron chi connectivity index (χ3n) is 6.78. The maximum atomic E-state index is 12.9. The molecule has 1 aromatic heterocycles. The van der Waals surface area contributed by atoms with Gasteiger partial charge in [-0.25, -0.2) is 4.98 Å². The number of benzene rings is 2. The number of aryl methyl sites for hydroxylation is 1. The average molecular weight is 640 g/mol. The molecular formula is C29H27F6N5O3S. The molecule has 0 saturated carbocycles. The van der Waals surface area contributed by atoms with Crippen molar-refractivity contribution in [1.29, 1.82) is 5.26 Å². The zero-order chi connectivity index (χ0) is 31.9. The predicted octanol–water partition coefficient (Wildman–Crippen LogP) is 6.35. The molecule has 1 unspecified atom stereocenters. The molecule has 2 amide bonds. The maximum Gasteiger partial charge on any atom is 0.390 e. The number of thiazole rings is 1. The van der Waals surface area contributed by atoms with E-state index in [1.54, 1.807) is 36.4 Å². The van der Waals surface area contributed by atoms with E-state index in [1.807, 2.05) is 6.07 Å². The molecule has 2 N–H and O–H groups in total. The fraction of sp³-hybridized carbons (Fsp3) is 0.379. The SMILES string of the molecule is N#Cc1ccc(NC(=O)COc2cccc(C(=O)Nc3nc4c(s3)CC(N(CCC(F)(F)F)CCC(F)(F)F)CC4)c2)cc1. The summed E-state index contributed by atoms with van der Waals surface area (Å²) < 4.78 is 82.5. The summed E-state index contributed by atoms with van der Waals surface area (Å²) in [4.78, 5) is 31.5. The Hall–Kier alpha value is -4.16. The lowest BCUT2D eigenvalue weighted by Crippen LogP contribution is -2.42.